The number of amides is 1. The summed E-state index contributed by atoms with van der Waals surface area (Å²) in [4.78, 5) is 11.8. The Morgan fingerprint density at radius 1 is 1.41 bits per heavy atom. The minimum Gasteiger partial charge on any atom is -0.353 e. The fourth-order valence-corrected chi connectivity index (χ4v) is 2.57. The van der Waals surface area contributed by atoms with Crippen molar-refractivity contribution in [1.29, 1.82) is 0 Å². The average molecular weight is 260 g/mol. The number of carbonyl (C=O) groups excluding carboxylic acids is 1. The molecule has 0 aliphatic rings. The molecule has 3 nitrogen and oxygen atoms in total. The summed E-state index contributed by atoms with van der Waals surface area (Å²) in [5.74, 6) is 1.05. The molecule has 0 bridgehead atoms. The molecule has 0 fully saturated rings. The van der Waals surface area contributed by atoms with E-state index in [1.54, 1.807) is 11.8 Å². The number of hydrogen-bond donors (Lipinski definition) is 2. The van der Waals surface area contributed by atoms with Crippen LogP contribution in [-0.2, 0) is 4.79 Å². The van der Waals surface area contributed by atoms with Gasteiger partial charge >= 0.3 is 0 Å². The number of nitrogens with one attached hydrogen (secondary N) is 1. The van der Waals surface area contributed by atoms with Gasteiger partial charge < -0.3 is 11.1 Å². The number of thioether (sulfide) groups is 1. The lowest BCUT2D eigenvalue weighted by atomic mass is 9.87. The molecule has 0 aliphatic heterocycles. The van der Waals surface area contributed by atoms with Gasteiger partial charge in [-0.1, -0.05) is 27.7 Å². The highest BCUT2D eigenvalue weighted by Crippen LogP contribution is 2.21. The molecule has 1 amide bonds. The Morgan fingerprint density at radius 2 is 2.00 bits per heavy atom. The molecule has 0 rings (SSSR count). The predicted octanol–water partition coefficient (Wildman–Crippen LogP) is 2.40. The van der Waals surface area contributed by atoms with E-state index in [1.165, 1.54) is 0 Å². The zero-order chi connectivity index (χ0) is 13.5. The van der Waals surface area contributed by atoms with Gasteiger partial charge in [-0.2, -0.15) is 11.8 Å². The lowest BCUT2D eigenvalue weighted by Gasteiger charge is -2.23. The maximum absolute atomic E-state index is 11.8. The van der Waals surface area contributed by atoms with E-state index < -0.39 is 0 Å². The zero-order valence-corrected chi connectivity index (χ0v) is 12.7. The third kappa shape index (κ3) is 9.48. The Bertz CT molecular complexity index is 226. The van der Waals surface area contributed by atoms with Crippen LogP contribution in [0.2, 0.25) is 0 Å². The van der Waals surface area contributed by atoms with Crippen molar-refractivity contribution in [2.24, 2.45) is 11.1 Å². The maximum atomic E-state index is 11.8. The molecule has 2 atom stereocenters. The van der Waals surface area contributed by atoms with E-state index in [0.29, 0.717) is 6.42 Å². The van der Waals surface area contributed by atoms with Crippen molar-refractivity contribution in [2.45, 2.75) is 59.0 Å². The highest BCUT2D eigenvalue weighted by molar-refractivity contribution is 7.98. The van der Waals surface area contributed by atoms with Crippen LogP contribution in [0.15, 0.2) is 0 Å². The molecule has 0 aromatic rings. The molecule has 0 heterocycles. The van der Waals surface area contributed by atoms with Crippen LogP contribution < -0.4 is 11.1 Å². The summed E-state index contributed by atoms with van der Waals surface area (Å²) in [7, 11) is 0. The van der Waals surface area contributed by atoms with Gasteiger partial charge in [0, 0.05) is 24.3 Å². The Morgan fingerprint density at radius 3 is 2.41 bits per heavy atom. The van der Waals surface area contributed by atoms with Gasteiger partial charge in [0.05, 0.1) is 0 Å². The summed E-state index contributed by atoms with van der Waals surface area (Å²) in [5.41, 5.74) is 6.17. The van der Waals surface area contributed by atoms with Crippen molar-refractivity contribution in [1.82, 2.24) is 5.32 Å². The molecule has 4 heteroatoms. The van der Waals surface area contributed by atoms with Gasteiger partial charge in [-0.3, -0.25) is 4.79 Å². The monoisotopic (exact) mass is 260 g/mol. The molecule has 0 aliphatic carbocycles. The first-order valence-electron chi connectivity index (χ1n) is 6.32. The SMILES string of the molecule is CCC(CSC)NC(=O)CC(N)CC(C)(C)C. The second-order valence-corrected chi connectivity index (χ2v) is 6.77. The standard InChI is InChI=1S/C13H28N2OS/c1-6-11(9-17-5)15-12(16)7-10(14)8-13(2,3)4/h10-11H,6-9,14H2,1-5H3,(H,15,16). The van der Waals surface area contributed by atoms with Crippen molar-refractivity contribution in [3.8, 4) is 0 Å². The predicted molar refractivity (Wildman–Crippen MR) is 77.3 cm³/mol. The van der Waals surface area contributed by atoms with E-state index in [0.717, 1.165) is 18.6 Å². The molecule has 0 aromatic heterocycles. The second-order valence-electron chi connectivity index (χ2n) is 5.86. The molecule has 0 spiro atoms. The van der Waals surface area contributed by atoms with Crippen molar-refractivity contribution in [2.75, 3.05) is 12.0 Å². The average Bonchev–Trinajstić information content (AvgIpc) is 2.13. The zero-order valence-electron chi connectivity index (χ0n) is 11.9. The largest absolute Gasteiger partial charge is 0.353 e. The highest BCUT2D eigenvalue weighted by atomic mass is 32.2. The minimum atomic E-state index is -0.0400. The molecule has 0 radical (unpaired) electrons. The van der Waals surface area contributed by atoms with E-state index in [1.807, 2.05) is 0 Å². The number of nitrogens with two attached hydrogens (primary N) is 1. The number of carbonyl (C=O) groups is 1. The fourth-order valence-electron chi connectivity index (χ4n) is 1.85. The lowest BCUT2D eigenvalue weighted by Crippen LogP contribution is -2.40. The fraction of sp³-hybridized carbons (Fsp3) is 0.923. The molecule has 0 aromatic carbocycles. The van der Waals surface area contributed by atoms with Gasteiger partial charge in [-0.05, 0) is 24.5 Å². The van der Waals surface area contributed by atoms with Crippen molar-refractivity contribution < 1.29 is 4.79 Å². The summed E-state index contributed by atoms with van der Waals surface area (Å²) in [6.45, 7) is 8.53. The van der Waals surface area contributed by atoms with E-state index in [9.17, 15) is 4.79 Å². The molecule has 2 unspecified atom stereocenters. The summed E-state index contributed by atoms with van der Waals surface area (Å²) < 4.78 is 0. The molecule has 3 N–H and O–H groups in total. The lowest BCUT2D eigenvalue weighted by molar-refractivity contribution is -0.122. The highest BCUT2D eigenvalue weighted by Gasteiger charge is 2.19. The van der Waals surface area contributed by atoms with Gasteiger partial charge in [-0.25, -0.2) is 0 Å². The Labute approximate surface area is 110 Å². The van der Waals surface area contributed by atoms with E-state index in [4.69, 9.17) is 5.73 Å². The van der Waals surface area contributed by atoms with E-state index in [-0.39, 0.29) is 23.4 Å². The normalized spacial score (nSPS) is 15.4. The van der Waals surface area contributed by atoms with Gasteiger partial charge in [-0.15, -0.1) is 0 Å². The van der Waals surface area contributed by atoms with Crippen LogP contribution in [0.1, 0.15) is 47.0 Å². The van der Waals surface area contributed by atoms with E-state index in [2.05, 4.69) is 39.3 Å². The van der Waals surface area contributed by atoms with Gasteiger partial charge in [0.2, 0.25) is 5.91 Å². The van der Waals surface area contributed by atoms with E-state index >= 15 is 0 Å². The molecular formula is C13H28N2OS. The Kier molecular flexibility index (Phi) is 7.88. The molecular weight excluding hydrogens is 232 g/mol. The quantitative estimate of drug-likeness (QED) is 0.739. The van der Waals surface area contributed by atoms with Crippen LogP contribution in [0, 0.1) is 5.41 Å². The summed E-state index contributed by atoms with van der Waals surface area (Å²) in [6, 6.07) is 0.237. The number of hydrogen-bond acceptors (Lipinski definition) is 3. The first-order valence-corrected chi connectivity index (χ1v) is 7.71. The molecule has 17 heavy (non-hydrogen) atoms. The van der Waals surface area contributed by atoms with Gasteiger partial charge in [0.25, 0.3) is 0 Å². The summed E-state index contributed by atoms with van der Waals surface area (Å²) >= 11 is 1.76. The van der Waals surface area contributed by atoms with Crippen molar-refractivity contribution in [3.63, 3.8) is 0 Å². The molecule has 0 saturated carbocycles. The first kappa shape index (κ1) is 16.8. The first-order chi connectivity index (χ1) is 7.78. The van der Waals surface area contributed by atoms with Crippen LogP contribution in [-0.4, -0.2) is 30.0 Å². The third-order valence-corrected chi connectivity index (χ3v) is 3.28. The van der Waals surface area contributed by atoms with Crippen LogP contribution in [0.3, 0.4) is 0 Å². The van der Waals surface area contributed by atoms with Crippen molar-refractivity contribution in [3.05, 3.63) is 0 Å². The van der Waals surface area contributed by atoms with Crippen LogP contribution >= 0.6 is 11.8 Å². The molecule has 102 valence electrons. The maximum Gasteiger partial charge on any atom is 0.221 e. The third-order valence-electron chi connectivity index (χ3n) is 2.55. The van der Waals surface area contributed by atoms with Crippen LogP contribution in [0.4, 0.5) is 0 Å². The Balaban J connectivity index is 3.99. The van der Waals surface area contributed by atoms with Crippen molar-refractivity contribution >= 4 is 17.7 Å². The van der Waals surface area contributed by atoms with Crippen LogP contribution in [0.25, 0.3) is 0 Å². The van der Waals surface area contributed by atoms with Gasteiger partial charge in [0.1, 0.15) is 0 Å². The van der Waals surface area contributed by atoms with Crippen LogP contribution in [0.5, 0.6) is 0 Å². The summed E-state index contributed by atoms with van der Waals surface area (Å²) in [6.07, 6.45) is 4.34. The van der Waals surface area contributed by atoms with Gasteiger partial charge in [0.15, 0.2) is 0 Å². The number of rotatable bonds is 7. The second kappa shape index (κ2) is 7.98. The Hall–Kier alpha value is -0.220. The minimum absolute atomic E-state index is 0.0400. The smallest absolute Gasteiger partial charge is 0.221 e. The topological polar surface area (TPSA) is 55.1 Å². The summed E-state index contributed by atoms with van der Waals surface area (Å²) in [5, 5.41) is 3.04. The molecule has 0 saturated heterocycles.